The fourth-order valence-corrected chi connectivity index (χ4v) is 6.68. The molecule has 3 aromatic carbocycles. The van der Waals surface area contributed by atoms with E-state index in [1.807, 2.05) is 49.4 Å². The number of ether oxygens (including phenoxy) is 1. The molecule has 2 N–H and O–H groups in total. The van der Waals surface area contributed by atoms with Crippen LogP contribution >= 0.6 is 11.8 Å². The Balaban J connectivity index is 1.33. The number of aryl methyl sites for hydroxylation is 1. The predicted molar refractivity (Wildman–Crippen MR) is 171 cm³/mol. The Bertz CT molecular complexity index is 1850. The first-order valence-corrected chi connectivity index (χ1v) is 16.0. The minimum atomic E-state index is -3.88. The molecule has 220 valence electrons. The van der Waals surface area contributed by atoms with Gasteiger partial charge in [0.05, 0.1) is 22.7 Å². The molecule has 0 saturated carbocycles. The van der Waals surface area contributed by atoms with Gasteiger partial charge in [-0.1, -0.05) is 54.6 Å². The van der Waals surface area contributed by atoms with Crippen molar-refractivity contribution in [3.05, 3.63) is 102 Å². The number of piperidine rings is 1. The van der Waals surface area contributed by atoms with Gasteiger partial charge >= 0.3 is 0 Å². The largest absolute Gasteiger partial charge is 0.437 e. The zero-order valence-electron chi connectivity index (χ0n) is 23.6. The fourth-order valence-electron chi connectivity index (χ4n) is 5.20. The van der Waals surface area contributed by atoms with Crippen molar-refractivity contribution in [3.63, 3.8) is 0 Å². The summed E-state index contributed by atoms with van der Waals surface area (Å²) in [7, 11) is -3.88. The second kappa shape index (κ2) is 12.5. The van der Waals surface area contributed by atoms with E-state index in [-0.39, 0.29) is 11.8 Å². The minimum absolute atomic E-state index is 0.229. The summed E-state index contributed by atoms with van der Waals surface area (Å²) in [5.41, 5.74) is 3.21. The van der Waals surface area contributed by atoms with Gasteiger partial charge in [0.2, 0.25) is 11.8 Å². The molecule has 11 heteroatoms. The molecule has 1 aliphatic rings. The summed E-state index contributed by atoms with van der Waals surface area (Å²) in [6.07, 6.45) is 5.54. The van der Waals surface area contributed by atoms with Crippen LogP contribution in [0, 0.1) is 6.92 Å². The molecule has 1 aliphatic heterocycles. The summed E-state index contributed by atoms with van der Waals surface area (Å²) in [5.74, 6) is 1.23. The highest BCUT2D eigenvalue weighted by Gasteiger charge is 2.25. The number of nitrogens with one attached hydrogen (secondary N) is 2. The lowest BCUT2D eigenvalue weighted by Crippen LogP contribution is -2.38. The first kappa shape index (κ1) is 28.9. The Kier molecular flexibility index (Phi) is 8.42. The number of nitrogens with zero attached hydrogens (tertiary/aromatic N) is 4. The summed E-state index contributed by atoms with van der Waals surface area (Å²) in [4.78, 5) is 13.7. The molecule has 0 bridgehead atoms. The predicted octanol–water partition coefficient (Wildman–Crippen LogP) is 6.45. The summed E-state index contributed by atoms with van der Waals surface area (Å²) >= 11 is 6.54. The number of pyridine rings is 1. The standard InChI is InChI=1S/C32H31ClN6O3S/c1-22-14-15-25-26(11-5-13-29(25)39(33)43(40,41)21-23-8-3-2-4-9-23)30(22)42-31-27(12-7-18-35-31)28-16-19-36-32(38-28)37-24-10-6-17-34-20-24/h2-5,7-9,11-16,18-19,24,34H,6,10,17,20-21H2,1H3,(H,36,37,38)/t24-/m0/s1. The lowest BCUT2D eigenvalue weighted by molar-refractivity contribution is 0.466. The van der Waals surface area contributed by atoms with Crippen LogP contribution in [0.4, 0.5) is 11.6 Å². The van der Waals surface area contributed by atoms with Crippen LogP contribution in [0.1, 0.15) is 24.0 Å². The third-order valence-corrected chi connectivity index (χ3v) is 9.54. The summed E-state index contributed by atoms with van der Waals surface area (Å²) in [6, 6.07) is 23.8. The van der Waals surface area contributed by atoms with Gasteiger partial charge in [-0.25, -0.2) is 23.4 Å². The molecule has 1 fully saturated rings. The monoisotopic (exact) mass is 614 g/mol. The van der Waals surface area contributed by atoms with Crippen LogP contribution in [0.15, 0.2) is 91.3 Å². The SMILES string of the molecule is Cc1ccc2c(N(Cl)S(=O)(=O)Cc3ccccc3)cccc2c1Oc1ncccc1-c1ccnc(N[C@H]2CCCNC2)n1. The van der Waals surface area contributed by atoms with Gasteiger partial charge in [0, 0.05) is 47.5 Å². The average molecular weight is 615 g/mol. The third-order valence-electron chi connectivity index (χ3n) is 7.34. The minimum Gasteiger partial charge on any atom is -0.437 e. The quantitative estimate of drug-likeness (QED) is 0.182. The van der Waals surface area contributed by atoms with Crippen molar-refractivity contribution in [1.82, 2.24) is 20.3 Å². The lowest BCUT2D eigenvalue weighted by atomic mass is 10.0. The molecular weight excluding hydrogens is 584 g/mol. The van der Waals surface area contributed by atoms with Gasteiger partial charge in [0.1, 0.15) is 5.75 Å². The van der Waals surface area contributed by atoms with Crippen molar-refractivity contribution >= 4 is 44.2 Å². The van der Waals surface area contributed by atoms with Crippen molar-refractivity contribution in [1.29, 1.82) is 0 Å². The number of aromatic nitrogens is 3. The summed E-state index contributed by atoms with van der Waals surface area (Å²) in [6.45, 7) is 3.82. The van der Waals surface area contributed by atoms with Gasteiger partial charge in [0.25, 0.3) is 10.0 Å². The molecule has 6 rings (SSSR count). The van der Waals surface area contributed by atoms with E-state index >= 15 is 0 Å². The van der Waals surface area contributed by atoms with Gasteiger partial charge in [-0.2, -0.15) is 3.82 Å². The maximum absolute atomic E-state index is 13.3. The van der Waals surface area contributed by atoms with Gasteiger partial charge in [-0.05, 0) is 61.7 Å². The summed E-state index contributed by atoms with van der Waals surface area (Å²) in [5, 5.41) is 8.15. The van der Waals surface area contributed by atoms with E-state index in [1.54, 1.807) is 48.8 Å². The second-order valence-electron chi connectivity index (χ2n) is 10.5. The fraction of sp³-hybridized carbons (Fsp3) is 0.219. The molecule has 43 heavy (non-hydrogen) atoms. The van der Waals surface area contributed by atoms with Crippen molar-refractivity contribution in [2.75, 3.05) is 22.2 Å². The van der Waals surface area contributed by atoms with E-state index in [2.05, 4.69) is 20.6 Å². The Labute approximate surface area is 256 Å². The number of halogens is 1. The number of hydrogen-bond acceptors (Lipinski definition) is 8. The van der Waals surface area contributed by atoms with E-state index in [1.165, 1.54) is 0 Å². The summed E-state index contributed by atoms with van der Waals surface area (Å²) < 4.78 is 33.9. The topological polar surface area (TPSA) is 109 Å². The van der Waals surface area contributed by atoms with Crippen molar-refractivity contribution in [3.8, 4) is 22.9 Å². The van der Waals surface area contributed by atoms with Crippen molar-refractivity contribution in [2.24, 2.45) is 0 Å². The molecule has 3 heterocycles. The maximum atomic E-state index is 13.3. The molecule has 0 spiro atoms. The molecule has 0 aliphatic carbocycles. The Morgan fingerprint density at radius 3 is 2.65 bits per heavy atom. The van der Waals surface area contributed by atoms with Gasteiger partial charge < -0.3 is 15.4 Å². The van der Waals surface area contributed by atoms with Crippen LogP contribution in [0.3, 0.4) is 0 Å². The maximum Gasteiger partial charge on any atom is 0.253 e. The molecule has 2 aromatic heterocycles. The Morgan fingerprint density at radius 1 is 0.977 bits per heavy atom. The molecule has 1 saturated heterocycles. The average Bonchev–Trinajstić information content (AvgIpc) is 3.03. The van der Waals surface area contributed by atoms with Crippen LogP contribution in [0.2, 0.25) is 0 Å². The zero-order chi connectivity index (χ0) is 29.8. The molecule has 1 atom stereocenters. The normalized spacial score (nSPS) is 15.3. The van der Waals surface area contributed by atoms with Gasteiger partial charge in [-0.3, -0.25) is 0 Å². The van der Waals surface area contributed by atoms with Crippen LogP contribution in [0.5, 0.6) is 11.6 Å². The highest BCUT2D eigenvalue weighted by molar-refractivity contribution is 7.93. The van der Waals surface area contributed by atoms with E-state index in [9.17, 15) is 8.42 Å². The van der Waals surface area contributed by atoms with Crippen LogP contribution in [-0.2, 0) is 15.8 Å². The number of rotatable bonds is 9. The smallest absolute Gasteiger partial charge is 0.253 e. The van der Waals surface area contributed by atoms with E-state index in [4.69, 9.17) is 21.5 Å². The molecular formula is C32H31ClN6O3S. The molecule has 0 unspecified atom stereocenters. The van der Waals surface area contributed by atoms with Crippen LogP contribution in [-0.4, -0.2) is 42.5 Å². The number of sulfonamides is 1. The van der Waals surface area contributed by atoms with Crippen molar-refractivity contribution in [2.45, 2.75) is 31.6 Å². The highest BCUT2D eigenvalue weighted by atomic mass is 35.5. The number of benzene rings is 3. The van der Waals surface area contributed by atoms with E-state index < -0.39 is 10.0 Å². The van der Waals surface area contributed by atoms with Gasteiger partial charge in [0.15, 0.2) is 0 Å². The Hall–Kier alpha value is -4.25. The van der Waals surface area contributed by atoms with Crippen molar-refractivity contribution < 1.29 is 13.2 Å². The zero-order valence-corrected chi connectivity index (χ0v) is 25.1. The number of hydrogen-bond donors (Lipinski definition) is 2. The molecule has 0 radical (unpaired) electrons. The molecule has 0 amide bonds. The second-order valence-corrected chi connectivity index (χ2v) is 12.8. The van der Waals surface area contributed by atoms with E-state index in [0.717, 1.165) is 35.3 Å². The van der Waals surface area contributed by atoms with Gasteiger partial charge in [-0.15, -0.1) is 0 Å². The highest BCUT2D eigenvalue weighted by Crippen LogP contribution is 2.40. The number of fused-ring (bicyclic) bond motifs is 1. The van der Waals surface area contributed by atoms with Crippen LogP contribution in [0.25, 0.3) is 22.0 Å². The van der Waals surface area contributed by atoms with E-state index in [0.29, 0.717) is 50.9 Å². The first-order valence-electron chi connectivity index (χ1n) is 14.1. The Morgan fingerprint density at radius 2 is 1.84 bits per heavy atom. The number of anilines is 2. The molecule has 5 aromatic rings. The first-order chi connectivity index (χ1) is 20.9. The van der Waals surface area contributed by atoms with Crippen LogP contribution < -0.4 is 19.2 Å². The third kappa shape index (κ3) is 6.41. The molecule has 9 nitrogen and oxygen atoms in total. The lowest BCUT2D eigenvalue weighted by Gasteiger charge is -2.23.